The lowest BCUT2D eigenvalue weighted by Gasteiger charge is -1.97. The third-order valence-corrected chi connectivity index (χ3v) is 3.10. The number of nitrogens with one attached hydrogen (secondary N) is 2. The van der Waals surface area contributed by atoms with Crippen molar-refractivity contribution >= 4 is 22.9 Å². The number of aromatic nitrogens is 2. The van der Waals surface area contributed by atoms with Crippen LogP contribution in [0.2, 0.25) is 0 Å². The van der Waals surface area contributed by atoms with Crippen LogP contribution < -0.4 is 5.69 Å². The van der Waals surface area contributed by atoms with E-state index in [9.17, 15) is 14.0 Å². The van der Waals surface area contributed by atoms with Crippen LogP contribution in [0.1, 0.15) is 15.9 Å². The van der Waals surface area contributed by atoms with E-state index in [1.807, 2.05) is 0 Å². The van der Waals surface area contributed by atoms with Gasteiger partial charge in [-0.2, -0.15) is 0 Å². The number of aromatic amines is 2. The summed E-state index contributed by atoms with van der Waals surface area (Å²) in [5.74, 6) is -0.511. The van der Waals surface area contributed by atoms with Gasteiger partial charge in [0.2, 0.25) is 0 Å². The predicted octanol–water partition coefficient (Wildman–Crippen LogP) is 2.89. The Balaban J connectivity index is 1.86. The van der Waals surface area contributed by atoms with Gasteiger partial charge in [-0.1, -0.05) is 18.2 Å². The van der Waals surface area contributed by atoms with Crippen molar-refractivity contribution in [2.75, 3.05) is 0 Å². The number of halogens is 1. The smallest absolute Gasteiger partial charge is 0.306 e. The van der Waals surface area contributed by atoms with Crippen LogP contribution in [0.15, 0.2) is 53.3 Å². The van der Waals surface area contributed by atoms with Crippen LogP contribution in [0.5, 0.6) is 0 Å². The van der Waals surface area contributed by atoms with E-state index in [0.717, 1.165) is 5.56 Å². The minimum Gasteiger partial charge on any atom is -0.306 e. The predicted molar refractivity (Wildman–Crippen MR) is 78.7 cm³/mol. The van der Waals surface area contributed by atoms with E-state index in [2.05, 4.69) is 9.97 Å². The molecule has 104 valence electrons. The fourth-order valence-corrected chi connectivity index (χ4v) is 2.03. The van der Waals surface area contributed by atoms with Crippen molar-refractivity contribution in [1.29, 1.82) is 0 Å². The fraction of sp³-hybridized carbons (Fsp3) is 0. The van der Waals surface area contributed by atoms with Crippen LogP contribution >= 0.6 is 0 Å². The van der Waals surface area contributed by atoms with Gasteiger partial charge in [0.05, 0.1) is 11.0 Å². The summed E-state index contributed by atoms with van der Waals surface area (Å²) in [4.78, 5) is 28.5. The van der Waals surface area contributed by atoms with Gasteiger partial charge in [0.1, 0.15) is 5.82 Å². The van der Waals surface area contributed by atoms with Gasteiger partial charge in [-0.05, 0) is 42.0 Å². The monoisotopic (exact) mass is 282 g/mol. The van der Waals surface area contributed by atoms with Crippen molar-refractivity contribution in [1.82, 2.24) is 9.97 Å². The number of carbonyl (C=O) groups excluding carboxylic acids is 1. The summed E-state index contributed by atoms with van der Waals surface area (Å²) in [5.41, 5.74) is 2.13. The first-order valence-corrected chi connectivity index (χ1v) is 6.32. The summed E-state index contributed by atoms with van der Waals surface area (Å²) in [6.07, 6.45) is 3.03. The topological polar surface area (TPSA) is 65.7 Å². The first-order chi connectivity index (χ1) is 10.1. The minimum absolute atomic E-state index is 0.191. The molecule has 2 aromatic carbocycles. The molecule has 5 heteroatoms. The number of ketones is 1. The molecule has 0 amide bonds. The molecule has 3 aromatic rings. The number of rotatable bonds is 3. The zero-order valence-electron chi connectivity index (χ0n) is 10.9. The van der Waals surface area contributed by atoms with Crippen molar-refractivity contribution < 1.29 is 9.18 Å². The summed E-state index contributed by atoms with van der Waals surface area (Å²) in [6.45, 7) is 0. The van der Waals surface area contributed by atoms with Crippen LogP contribution in [-0.2, 0) is 0 Å². The Morgan fingerprint density at radius 3 is 2.48 bits per heavy atom. The summed E-state index contributed by atoms with van der Waals surface area (Å²) >= 11 is 0. The molecule has 0 spiro atoms. The fourth-order valence-electron chi connectivity index (χ4n) is 2.03. The highest BCUT2D eigenvalue weighted by atomic mass is 19.1. The molecular weight excluding hydrogens is 271 g/mol. The van der Waals surface area contributed by atoms with Crippen LogP contribution in [0, 0.1) is 5.82 Å². The number of benzene rings is 2. The summed E-state index contributed by atoms with van der Waals surface area (Å²) in [6, 6.07) is 10.8. The van der Waals surface area contributed by atoms with Crippen LogP contribution in [0.25, 0.3) is 17.1 Å². The van der Waals surface area contributed by atoms with E-state index in [4.69, 9.17) is 0 Å². The van der Waals surface area contributed by atoms with Crippen molar-refractivity contribution in [2.24, 2.45) is 0 Å². The minimum atomic E-state index is -0.319. The lowest BCUT2D eigenvalue weighted by atomic mass is 10.1. The first-order valence-electron chi connectivity index (χ1n) is 6.32. The largest absolute Gasteiger partial charge is 0.323 e. The molecule has 1 aromatic heterocycles. The molecule has 0 saturated carbocycles. The molecule has 0 fully saturated rings. The van der Waals surface area contributed by atoms with Crippen molar-refractivity contribution in [3.63, 3.8) is 0 Å². The van der Waals surface area contributed by atoms with Crippen molar-refractivity contribution in [3.8, 4) is 0 Å². The Bertz CT molecular complexity index is 889. The highest BCUT2D eigenvalue weighted by molar-refractivity contribution is 6.08. The second kappa shape index (κ2) is 5.20. The lowest BCUT2D eigenvalue weighted by Crippen LogP contribution is -1.99. The number of hydrogen-bond acceptors (Lipinski definition) is 2. The van der Waals surface area contributed by atoms with Crippen LogP contribution in [-0.4, -0.2) is 15.8 Å². The maximum absolute atomic E-state index is 12.8. The molecular formula is C16H11FN2O2. The molecule has 4 nitrogen and oxygen atoms in total. The van der Waals surface area contributed by atoms with Crippen LogP contribution in [0.3, 0.4) is 0 Å². The van der Waals surface area contributed by atoms with E-state index in [0.29, 0.717) is 16.6 Å². The number of allylic oxidation sites excluding steroid dienone is 1. The summed E-state index contributed by atoms with van der Waals surface area (Å²) < 4.78 is 12.8. The van der Waals surface area contributed by atoms with Gasteiger partial charge in [0.15, 0.2) is 5.78 Å². The van der Waals surface area contributed by atoms with Gasteiger partial charge in [-0.25, -0.2) is 9.18 Å². The molecule has 0 aliphatic heterocycles. The first kappa shape index (κ1) is 13.1. The standard InChI is InChI=1S/C16H11FN2O2/c17-12-5-1-10(2-6-12)3-8-15(20)11-4-7-13-14(9-11)19-16(21)18-13/h1-9H,(H2,18,19,21)/b8-3+. The van der Waals surface area contributed by atoms with E-state index in [-0.39, 0.29) is 17.3 Å². The lowest BCUT2D eigenvalue weighted by molar-refractivity contribution is 0.104. The van der Waals surface area contributed by atoms with Crippen LogP contribution in [0.4, 0.5) is 4.39 Å². The third-order valence-electron chi connectivity index (χ3n) is 3.10. The Hall–Kier alpha value is -2.95. The average molecular weight is 282 g/mol. The molecule has 0 aliphatic rings. The second-order valence-corrected chi connectivity index (χ2v) is 4.59. The molecule has 1 heterocycles. The maximum Gasteiger partial charge on any atom is 0.323 e. The van der Waals surface area contributed by atoms with E-state index in [1.54, 1.807) is 36.4 Å². The normalized spacial score (nSPS) is 11.3. The van der Waals surface area contributed by atoms with Gasteiger partial charge < -0.3 is 9.97 Å². The molecule has 3 rings (SSSR count). The third kappa shape index (κ3) is 2.81. The SMILES string of the molecule is O=C(/C=C/c1ccc(F)cc1)c1ccc2[nH]c(=O)[nH]c2c1. The number of fused-ring (bicyclic) bond motifs is 1. The Morgan fingerprint density at radius 2 is 1.71 bits per heavy atom. The molecule has 0 atom stereocenters. The molecule has 2 N–H and O–H groups in total. The average Bonchev–Trinajstić information content (AvgIpc) is 2.85. The highest BCUT2D eigenvalue weighted by Gasteiger charge is 2.05. The number of imidazole rings is 1. The van der Waals surface area contributed by atoms with Gasteiger partial charge in [0.25, 0.3) is 0 Å². The second-order valence-electron chi connectivity index (χ2n) is 4.59. The number of hydrogen-bond donors (Lipinski definition) is 2. The number of H-pyrrole nitrogens is 2. The molecule has 21 heavy (non-hydrogen) atoms. The van der Waals surface area contributed by atoms with Gasteiger partial charge in [-0.3, -0.25) is 4.79 Å². The van der Waals surface area contributed by atoms with Gasteiger partial charge in [-0.15, -0.1) is 0 Å². The summed E-state index contributed by atoms with van der Waals surface area (Å²) in [5, 5.41) is 0. The highest BCUT2D eigenvalue weighted by Crippen LogP contribution is 2.12. The molecule has 0 saturated heterocycles. The Morgan fingerprint density at radius 1 is 1.00 bits per heavy atom. The Kier molecular flexibility index (Phi) is 3.23. The maximum atomic E-state index is 12.8. The molecule has 0 radical (unpaired) electrons. The molecule has 0 bridgehead atoms. The molecule has 0 unspecified atom stereocenters. The zero-order chi connectivity index (χ0) is 14.8. The zero-order valence-corrected chi connectivity index (χ0v) is 10.9. The van der Waals surface area contributed by atoms with E-state index in [1.165, 1.54) is 18.2 Å². The van der Waals surface area contributed by atoms with E-state index >= 15 is 0 Å². The van der Waals surface area contributed by atoms with E-state index < -0.39 is 0 Å². The molecule has 0 aliphatic carbocycles. The quantitative estimate of drug-likeness (QED) is 0.573. The number of carbonyl (C=O) groups is 1. The summed E-state index contributed by atoms with van der Waals surface area (Å²) in [7, 11) is 0. The van der Waals surface area contributed by atoms with Gasteiger partial charge in [0, 0.05) is 5.56 Å². The van der Waals surface area contributed by atoms with Gasteiger partial charge >= 0.3 is 5.69 Å². The Labute approximate surface area is 118 Å². The van der Waals surface area contributed by atoms with Crippen molar-refractivity contribution in [3.05, 3.63) is 76.0 Å². The van der Waals surface area contributed by atoms with Crippen molar-refractivity contribution in [2.45, 2.75) is 0 Å².